The molecule has 15 heavy (non-hydrogen) atoms. The molecule has 0 saturated heterocycles. The predicted octanol–water partition coefficient (Wildman–Crippen LogP) is 2.07. The number of hydrogen-bond donors (Lipinski definition) is 2. The van der Waals surface area contributed by atoms with Gasteiger partial charge in [-0.2, -0.15) is 5.26 Å². The first-order valence-corrected chi connectivity index (χ1v) is 5.66. The van der Waals surface area contributed by atoms with Crippen LogP contribution < -0.4 is 5.32 Å². The van der Waals surface area contributed by atoms with Crippen LogP contribution in [-0.2, 0) is 0 Å². The van der Waals surface area contributed by atoms with Crippen LogP contribution in [0.1, 0.15) is 47.0 Å². The lowest BCUT2D eigenvalue weighted by molar-refractivity contribution is 0.212. The van der Waals surface area contributed by atoms with Crippen molar-refractivity contribution < 1.29 is 5.11 Å². The topological polar surface area (TPSA) is 56.0 Å². The van der Waals surface area contributed by atoms with Gasteiger partial charge in [0.1, 0.15) is 0 Å². The highest BCUT2D eigenvalue weighted by Crippen LogP contribution is 2.19. The second kappa shape index (κ2) is 6.09. The minimum absolute atomic E-state index is 0.000283. The van der Waals surface area contributed by atoms with Crippen LogP contribution >= 0.6 is 0 Å². The van der Waals surface area contributed by atoms with E-state index in [1.54, 1.807) is 0 Å². The maximum Gasteiger partial charge on any atom is 0.0684 e. The van der Waals surface area contributed by atoms with E-state index in [-0.39, 0.29) is 17.6 Å². The van der Waals surface area contributed by atoms with E-state index in [4.69, 9.17) is 10.4 Å². The number of rotatable bonds is 7. The van der Waals surface area contributed by atoms with Crippen LogP contribution in [-0.4, -0.2) is 23.8 Å². The molecule has 0 spiro atoms. The molecular weight excluding hydrogens is 188 g/mol. The third-order valence-electron chi connectivity index (χ3n) is 3.05. The van der Waals surface area contributed by atoms with E-state index in [1.807, 2.05) is 13.8 Å². The molecule has 0 heterocycles. The summed E-state index contributed by atoms with van der Waals surface area (Å²) < 4.78 is 0. The van der Waals surface area contributed by atoms with Gasteiger partial charge in [0.25, 0.3) is 0 Å². The summed E-state index contributed by atoms with van der Waals surface area (Å²) in [5, 5.41) is 21.2. The van der Waals surface area contributed by atoms with Gasteiger partial charge in [-0.25, -0.2) is 0 Å². The standard InChI is InChI=1S/C12H24N2O/c1-5-12(4,7-9-15)14-8-6-11(2,3)10-13/h14-15H,5-9H2,1-4H3. The molecule has 0 aromatic carbocycles. The Morgan fingerprint density at radius 3 is 2.27 bits per heavy atom. The molecule has 0 amide bonds. The van der Waals surface area contributed by atoms with Gasteiger partial charge in [-0.3, -0.25) is 0 Å². The normalized spacial score (nSPS) is 15.7. The first-order valence-electron chi connectivity index (χ1n) is 5.66. The van der Waals surface area contributed by atoms with Crippen molar-refractivity contribution in [3.63, 3.8) is 0 Å². The summed E-state index contributed by atoms with van der Waals surface area (Å²) in [7, 11) is 0. The minimum Gasteiger partial charge on any atom is -0.396 e. The lowest BCUT2D eigenvalue weighted by Gasteiger charge is -2.30. The van der Waals surface area contributed by atoms with Gasteiger partial charge in [0.05, 0.1) is 11.5 Å². The third kappa shape index (κ3) is 5.76. The van der Waals surface area contributed by atoms with Gasteiger partial charge in [0, 0.05) is 12.1 Å². The van der Waals surface area contributed by atoms with Crippen LogP contribution in [0.3, 0.4) is 0 Å². The molecule has 3 heteroatoms. The highest BCUT2D eigenvalue weighted by Gasteiger charge is 2.22. The Kier molecular flexibility index (Phi) is 5.85. The molecule has 0 aliphatic heterocycles. The third-order valence-corrected chi connectivity index (χ3v) is 3.05. The maximum atomic E-state index is 8.95. The Morgan fingerprint density at radius 1 is 1.27 bits per heavy atom. The lowest BCUT2D eigenvalue weighted by Crippen LogP contribution is -2.43. The summed E-state index contributed by atoms with van der Waals surface area (Å²) in [5.41, 5.74) is -0.263. The lowest BCUT2D eigenvalue weighted by atomic mass is 9.89. The van der Waals surface area contributed by atoms with Gasteiger partial charge in [0.15, 0.2) is 0 Å². The molecule has 0 bridgehead atoms. The quantitative estimate of drug-likeness (QED) is 0.679. The van der Waals surface area contributed by atoms with Crippen molar-refractivity contribution in [3.8, 4) is 6.07 Å². The highest BCUT2D eigenvalue weighted by molar-refractivity contribution is 4.92. The van der Waals surface area contributed by atoms with Crippen molar-refractivity contribution in [2.45, 2.75) is 52.5 Å². The van der Waals surface area contributed by atoms with Crippen molar-refractivity contribution in [1.29, 1.82) is 5.26 Å². The summed E-state index contributed by atoms with van der Waals surface area (Å²) in [6, 6.07) is 2.29. The zero-order valence-corrected chi connectivity index (χ0v) is 10.4. The fraction of sp³-hybridized carbons (Fsp3) is 0.917. The Morgan fingerprint density at radius 2 is 1.87 bits per heavy atom. The number of nitrogens with one attached hydrogen (secondary N) is 1. The summed E-state index contributed by atoms with van der Waals surface area (Å²) in [6.45, 7) is 9.15. The van der Waals surface area contributed by atoms with E-state index in [0.29, 0.717) is 0 Å². The predicted molar refractivity (Wildman–Crippen MR) is 62.4 cm³/mol. The molecule has 0 aromatic heterocycles. The van der Waals surface area contributed by atoms with E-state index < -0.39 is 0 Å². The Hall–Kier alpha value is -0.590. The maximum absolute atomic E-state index is 8.95. The van der Waals surface area contributed by atoms with E-state index in [1.165, 1.54) is 0 Å². The van der Waals surface area contributed by atoms with Gasteiger partial charge in [-0.1, -0.05) is 6.92 Å². The van der Waals surface area contributed by atoms with Crippen LogP contribution in [0, 0.1) is 16.7 Å². The number of nitrogens with zero attached hydrogens (tertiary/aromatic N) is 1. The van der Waals surface area contributed by atoms with E-state index >= 15 is 0 Å². The van der Waals surface area contributed by atoms with Crippen LogP contribution in [0.15, 0.2) is 0 Å². The number of hydrogen-bond acceptors (Lipinski definition) is 3. The first-order chi connectivity index (χ1) is 6.89. The zero-order valence-electron chi connectivity index (χ0n) is 10.4. The van der Waals surface area contributed by atoms with Gasteiger partial charge < -0.3 is 10.4 Å². The van der Waals surface area contributed by atoms with Gasteiger partial charge in [0.2, 0.25) is 0 Å². The molecule has 0 radical (unpaired) electrons. The molecular formula is C12H24N2O. The molecule has 0 rings (SSSR count). The Balaban J connectivity index is 3.98. The van der Waals surface area contributed by atoms with Crippen LogP contribution in [0.2, 0.25) is 0 Å². The summed E-state index contributed by atoms with van der Waals surface area (Å²) in [5.74, 6) is 0. The molecule has 88 valence electrons. The first kappa shape index (κ1) is 14.4. The molecule has 0 saturated carbocycles. The second-order valence-electron chi connectivity index (χ2n) is 5.06. The number of nitriles is 1. The smallest absolute Gasteiger partial charge is 0.0684 e. The monoisotopic (exact) mass is 212 g/mol. The average Bonchev–Trinajstić information content (AvgIpc) is 2.18. The second-order valence-corrected chi connectivity index (χ2v) is 5.06. The minimum atomic E-state index is -0.263. The summed E-state index contributed by atoms with van der Waals surface area (Å²) in [6.07, 6.45) is 2.58. The van der Waals surface area contributed by atoms with Crippen molar-refractivity contribution in [1.82, 2.24) is 5.32 Å². The average molecular weight is 212 g/mol. The fourth-order valence-corrected chi connectivity index (χ4v) is 1.37. The van der Waals surface area contributed by atoms with Gasteiger partial charge in [-0.05, 0) is 46.6 Å². The molecule has 0 fully saturated rings. The van der Waals surface area contributed by atoms with Crippen LogP contribution in [0.5, 0.6) is 0 Å². The largest absolute Gasteiger partial charge is 0.396 e. The van der Waals surface area contributed by atoms with Crippen LogP contribution in [0.25, 0.3) is 0 Å². The van der Waals surface area contributed by atoms with E-state index in [9.17, 15) is 0 Å². The molecule has 1 unspecified atom stereocenters. The Labute approximate surface area is 93.5 Å². The Bertz CT molecular complexity index is 220. The molecule has 0 aliphatic rings. The van der Waals surface area contributed by atoms with Crippen molar-refractivity contribution in [2.75, 3.05) is 13.2 Å². The molecule has 0 aromatic rings. The van der Waals surface area contributed by atoms with E-state index in [2.05, 4.69) is 25.2 Å². The molecule has 3 nitrogen and oxygen atoms in total. The number of aliphatic hydroxyl groups is 1. The van der Waals surface area contributed by atoms with E-state index in [0.717, 1.165) is 25.8 Å². The van der Waals surface area contributed by atoms with Crippen molar-refractivity contribution in [3.05, 3.63) is 0 Å². The van der Waals surface area contributed by atoms with Crippen molar-refractivity contribution >= 4 is 0 Å². The fourth-order valence-electron chi connectivity index (χ4n) is 1.37. The van der Waals surface area contributed by atoms with Gasteiger partial charge >= 0.3 is 0 Å². The SMILES string of the molecule is CCC(C)(CCO)NCCC(C)(C)C#N. The molecule has 1 atom stereocenters. The molecule has 2 N–H and O–H groups in total. The number of aliphatic hydroxyl groups excluding tert-OH is 1. The highest BCUT2D eigenvalue weighted by atomic mass is 16.3. The zero-order chi connectivity index (χ0) is 11.9. The van der Waals surface area contributed by atoms with Gasteiger partial charge in [-0.15, -0.1) is 0 Å². The summed E-state index contributed by atoms with van der Waals surface area (Å²) in [4.78, 5) is 0. The molecule has 0 aliphatic carbocycles. The van der Waals surface area contributed by atoms with Crippen LogP contribution in [0.4, 0.5) is 0 Å². The summed E-state index contributed by atoms with van der Waals surface area (Å²) >= 11 is 0. The van der Waals surface area contributed by atoms with Crippen molar-refractivity contribution in [2.24, 2.45) is 5.41 Å².